The molecule has 0 saturated heterocycles. The highest BCUT2D eigenvalue weighted by Crippen LogP contribution is 2.24. The number of nitrogens with zero attached hydrogens (tertiary/aromatic N) is 1. The Morgan fingerprint density at radius 1 is 1.38 bits per heavy atom. The van der Waals surface area contributed by atoms with E-state index >= 15 is 0 Å². The van der Waals surface area contributed by atoms with Gasteiger partial charge < -0.3 is 4.42 Å². The van der Waals surface area contributed by atoms with Crippen LogP contribution < -0.4 is 5.76 Å². The van der Waals surface area contributed by atoms with Crippen molar-refractivity contribution < 1.29 is 4.42 Å². The molecule has 80 valence electrons. The zero-order valence-corrected chi connectivity index (χ0v) is 8.78. The van der Waals surface area contributed by atoms with Gasteiger partial charge in [-0.25, -0.2) is 4.79 Å². The molecule has 0 spiro atoms. The van der Waals surface area contributed by atoms with Crippen LogP contribution in [0, 0.1) is 0 Å². The van der Waals surface area contributed by atoms with E-state index in [1.807, 2.05) is 25.1 Å². The van der Waals surface area contributed by atoms with Gasteiger partial charge in [0.05, 0.1) is 0 Å². The van der Waals surface area contributed by atoms with Gasteiger partial charge in [0, 0.05) is 22.7 Å². The van der Waals surface area contributed by atoms with Gasteiger partial charge in [-0.2, -0.15) is 0 Å². The molecular weight excluding hydrogens is 204 g/mol. The molecule has 3 rings (SSSR count). The second-order valence-electron chi connectivity index (χ2n) is 3.67. The number of aryl methyl sites for hydroxylation is 1. The molecule has 1 aromatic carbocycles. The topological polar surface area (TPSA) is 58.9 Å². The van der Waals surface area contributed by atoms with Gasteiger partial charge in [-0.05, 0) is 18.6 Å². The highest BCUT2D eigenvalue weighted by atomic mass is 16.4. The van der Waals surface area contributed by atoms with Crippen LogP contribution in [0.15, 0.2) is 33.6 Å². The number of hydrogen-bond acceptors (Lipinski definition) is 3. The summed E-state index contributed by atoms with van der Waals surface area (Å²) in [7, 11) is 0. The first-order valence-corrected chi connectivity index (χ1v) is 5.19. The third-order valence-corrected chi connectivity index (χ3v) is 2.75. The Bertz CT molecular complexity index is 725. The minimum atomic E-state index is -0.431. The van der Waals surface area contributed by atoms with E-state index in [1.54, 1.807) is 6.20 Å². The van der Waals surface area contributed by atoms with Crippen LogP contribution in [0.1, 0.15) is 12.6 Å². The van der Waals surface area contributed by atoms with Crippen molar-refractivity contribution in [1.29, 1.82) is 0 Å². The smallest absolute Gasteiger partial charge is 0.407 e. The van der Waals surface area contributed by atoms with Gasteiger partial charge in [-0.3, -0.25) is 9.97 Å². The van der Waals surface area contributed by atoms with Crippen LogP contribution in [-0.4, -0.2) is 9.97 Å². The number of aromatic amines is 1. The summed E-state index contributed by atoms with van der Waals surface area (Å²) in [5, 5.41) is 1.91. The van der Waals surface area contributed by atoms with Gasteiger partial charge in [0.15, 0.2) is 5.58 Å². The molecule has 2 heterocycles. The van der Waals surface area contributed by atoms with Gasteiger partial charge in [-0.15, -0.1) is 0 Å². The molecular formula is C12H10N2O2. The van der Waals surface area contributed by atoms with E-state index < -0.39 is 5.76 Å². The third kappa shape index (κ3) is 1.16. The minimum Gasteiger partial charge on any atom is -0.407 e. The van der Waals surface area contributed by atoms with Crippen molar-refractivity contribution in [3.63, 3.8) is 0 Å². The number of aromatic nitrogens is 2. The van der Waals surface area contributed by atoms with Crippen molar-refractivity contribution in [2.45, 2.75) is 13.3 Å². The molecule has 0 unspecified atom stereocenters. The second-order valence-corrected chi connectivity index (χ2v) is 3.67. The summed E-state index contributed by atoms with van der Waals surface area (Å²) in [4.78, 5) is 18.3. The van der Waals surface area contributed by atoms with Gasteiger partial charge >= 0.3 is 5.76 Å². The molecule has 2 aromatic heterocycles. The molecule has 1 N–H and O–H groups in total. The Balaban J connectivity index is 2.59. The van der Waals surface area contributed by atoms with Crippen LogP contribution in [0.5, 0.6) is 0 Å². The van der Waals surface area contributed by atoms with Crippen LogP contribution in [0.25, 0.3) is 21.9 Å². The van der Waals surface area contributed by atoms with E-state index in [2.05, 4.69) is 9.97 Å². The van der Waals surface area contributed by atoms with Crippen molar-refractivity contribution >= 4 is 21.9 Å². The predicted molar refractivity (Wildman–Crippen MR) is 61.5 cm³/mol. The molecule has 4 nitrogen and oxygen atoms in total. The maximum absolute atomic E-state index is 11.4. The fraction of sp³-hybridized carbons (Fsp3) is 0.167. The Hall–Kier alpha value is -2.10. The molecule has 0 atom stereocenters. The first kappa shape index (κ1) is 9.15. The monoisotopic (exact) mass is 214 g/mol. The van der Waals surface area contributed by atoms with Crippen molar-refractivity contribution in [2.75, 3.05) is 0 Å². The van der Waals surface area contributed by atoms with Crippen molar-refractivity contribution in [2.24, 2.45) is 0 Å². The molecule has 0 aliphatic carbocycles. The molecule has 0 saturated carbocycles. The molecule has 0 bridgehead atoms. The summed E-state index contributed by atoms with van der Waals surface area (Å²) in [6, 6.07) is 5.84. The average molecular weight is 214 g/mol. The summed E-state index contributed by atoms with van der Waals surface area (Å²) < 4.78 is 5.20. The second kappa shape index (κ2) is 3.20. The number of benzene rings is 1. The van der Waals surface area contributed by atoms with Crippen molar-refractivity contribution in [1.82, 2.24) is 9.97 Å². The van der Waals surface area contributed by atoms with E-state index in [9.17, 15) is 4.79 Å². The lowest BCUT2D eigenvalue weighted by Gasteiger charge is -2.03. The molecule has 0 aliphatic rings. The van der Waals surface area contributed by atoms with E-state index in [1.165, 1.54) is 0 Å². The SMILES string of the molecule is CCc1[nH]c(=O)oc2c1ccc1ccnc12. The summed E-state index contributed by atoms with van der Waals surface area (Å²) in [5.74, 6) is -0.431. The highest BCUT2D eigenvalue weighted by Gasteiger charge is 2.09. The maximum atomic E-state index is 11.4. The molecule has 3 aromatic rings. The number of hydrogen-bond donors (Lipinski definition) is 1. The molecule has 4 heteroatoms. The van der Waals surface area contributed by atoms with Crippen LogP contribution in [0.3, 0.4) is 0 Å². The summed E-state index contributed by atoms with van der Waals surface area (Å²) in [6.45, 7) is 1.99. The molecule has 0 aliphatic heterocycles. The Kier molecular flexibility index (Phi) is 1.83. The third-order valence-electron chi connectivity index (χ3n) is 2.75. The highest BCUT2D eigenvalue weighted by molar-refractivity contribution is 6.02. The molecule has 16 heavy (non-hydrogen) atoms. The lowest BCUT2D eigenvalue weighted by molar-refractivity contribution is 0.529. The predicted octanol–water partition coefficient (Wildman–Crippen LogP) is 2.23. The summed E-state index contributed by atoms with van der Waals surface area (Å²) in [5.41, 5.74) is 2.21. The normalized spacial score (nSPS) is 11.3. The lowest BCUT2D eigenvalue weighted by atomic mass is 10.1. The number of fused-ring (bicyclic) bond motifs is 3. The van der Waals surface area contributed by atoms with Gasteiger partial charge in [0.2, 0.25) is 0 Å². The number of nitrogens with one attached hydrogen (secondary N) is 1. The summed E-state index contributed by atoms with van der Waals surface area (Å²) in [6.07, 6.45) is 2.47. The molecule has 0 amide bonds. The van der Waals surface area contributed by atoms with E-state index in [0.717, 1.165) is 28.4 Å². The van der Waals surface area contributed by atoms with Crippen LogP contribution in [-0.2, 0) is 6.42 Å². The van der Waals surface area contributed by atoms with E-state index in [0.29, 0.717) is 5.58 Å². The zero-order valence-electron chi connectivity index (χ0n) is 8.78. The first-order chi connectivity index (χ1) is 7.79. The molecule has 0 radical (unpaired) electrons. The van der Waals surface area contributed by atoms with Gasteiger partial charge in [-0.1, -0.05) is 13.0 Å². The fourth-order valence-corrected chi connectivity index (χ4v) is 1.97. The number of rotatable bonds is 1. The zero-order chi connectivity index (χ0) is 11.1. The summed E-state index contributed by atoms with van der Waals surface area (Å²) >= 11 is 0. The van der Waals surface area contributed by atoms with Crippen LogP contribution in [0.4, 0.5) is 0 Å². The standard InChI is InChI=1S/C12H10N2O2/c1-2-9-8-4-3-7-5-6-13-10(7)11(8)16-12(15)14-9/h3-6H,2H2,1H3,(H,14,15). The Morgan fingerprint density at radius 3 is 3.06 bits per heavy atom. The quantitative estimate of drug-likeness (QED) is 0.675. The van der Waals surface area contributed by atoms with Crippen LogP contribution in [0.2, 0.25) is 0 Å². The van der Waals surface area contributed by atoms with Crippen molar-refractivity contribution in [3.05, 3.63) is 40.6 Å². The average Bonchev–Trinajstić information content (AvgIpc) is 2.76. The minimum absolute atomic E-state index is 0.431. The lowest BCUT2D eigenvalue weighted by Crippen LogP contribution is -2.07. The van der Waals surface area contributed by atoms with Gasteiger partial charge in [0.1, 0.15) is 5.52 Å². The molecule has 0 fully saturated rings. The van der Waals surface area contributed by atoms with Crippen LogP contribution >= 0.6 is 0 Å². The Labute approximate surface area is 90.9 Å². The number of H-pyrrole nitrogens is 1. The van der Waals surface area contributed by atoms with E-state index in [-0.39, 0.29) is 0 Å². The fourth-order valence-electron chi connectivity index (χ4n) is 1.97. The largest absolute Gasteiger partial charge is 0.416 e. The van der Waals surface area contributed by atoms with E-state index in [4.69, 9.17) is 4.42 Å². The first-order valence-electron chi connectivity index (χ1n) is 5.19. The Morgan fingerprint density at radius 2 is 2.25 bits per heavy atom. The van der Waals surface area contributed by atoms with Crippen molar-refractivity contribution in [3.8, 4) is 0 Å². The van der Waals surface area contributed by atoms with Gasteiger partial charge in [0.25, 0.3) is 0 Å². The maximum Gasteiger partial charge on any atom is 0.416 e.